The zero-order valence-corrected chi connectivity index (χ0v) is 13.1. The second-order valence-electron chi connectivity index (χ2n) is 5.44. The molecule has 0 aliphatic rings. The Morgan fingerprint density at radius 1 is 1.32 bits per heavy atom. The van der Waals surface area contributed by atoms with Crippen LogP contribution in [0, 0.1) is 5.92 Å². The lowest BCUT2D eigenvalue weighted by molar-refractivity contribution is -0.121. The van der Waals surface area contributed by atoms with Gasteiger partial charge < -0.3 is 14.6 Å². The highest BCUT2D eigenvalue weighted by Crippen LogP contribution is 2.19. The van der Waals surface area contributed by atoms with Gasteiger partial charge in [0.05, 0.1) is 7.11 Å². The van der Waals surface area contributed by atoms with Crippen LogP contribution in [0.15, 0.2) is 28.8 Å². The van der Waals surface area contributed by atoms with Crippen molar-refractivity contribution in [3.63, 3.8) is 0 Å². The van der Waals surface area contributed by atoms with Crippen molar-refractivity contribution in [2.45, 2.75) is 26.7 Å². The Kier molecular flexibility index (Phi) is 5.52. The third kappa shape index (κ3) is 4.58. The number of hydrogen-bond donors (Lipinski definition) is 1. The number of carbonyl (C=O) groups is 1. The van der Waals surface area contributed by atoms with Gasteiger partial charge in [-0.15, -0.1) is 0 Å². The molecular formula is C16H21N3O3. The van der Waals surface area contributed by atoms with Crippen molar-refractivity contribution in [2.24, 2.45) is 5.92 Å². The Hall–Kier alpha value is -2.37. The number of hydrogen-bond acceptors (Lipinski definition) is 5. The number of nitrogens with one attached hydrogen (secondary N) is 1. The van der Waals surface area contributed by atoms with E-state index in [2.05, 4.69) is 15.5 Å². The Bertz CT molecular complexity index is 605. The van der Waals surface area contributed by atoms with E-state index in [4.69, 9.17) is 9.26 Å². The molecule has 1 N–H and O–H groups in total. The predicted molar refractivity (Wildman–Crippen MR) is 82.5 cm³/mol. The average molecular weight is 303 g/mol. The van der Waals surface area contributed by atoms with Crippen LogP contribution >= 0.6 is 0 Å². The third-order valence-corrected chi connectivity index (χ3v) is 3.07. The summed E-state index contributed by atoms with van der Waals surface area (Å²) in [4.78, 5) is 15.9. The molecule has 0 spiro atoms. The first-order valence-electron chi connectivity index (χ1n) is 7.32. The quantitative estimate of drug-likeness (QED) is 0.850. The molecule has 6 heteroatoms. The first kappa shape index (κ1) is 16.0. The molecule has 0 unspecified atom stereocenters. The summed E-state index contributed by atoms with van der Waals surface area (Å²) in [5.74, 6) is 2.22. The fraction of sp³-hybridized carbons (Fsp3) is 0.438. The van der Waals surface area contributed by atoms with E-state index in [1.807, 2.05) is 38.1 Å². The van der Waals surface area contributed by atoms with Crippen LogP contribution in [0.2, 0.25) is 0 Å². The van der Waals surface area contributed by atoms with Crippen LogP contribution < -0.4 is 10.1 Å². The lowest BCUT2D eigenvalue weighted by atomic mass is 10.1. The van der Waals surface area contributed by atoms with E-state index in [1.165, 1.54) is 0 Å². The number of carbonyl (C=O) groups excluding carboxylic acids is 1. The van der Waals surface area contributed by atoms with Gasteiger partial charge in [0.2, 0.25) is 17.6 Å². The molecule has 0 bridgehead atoms. The molecule has 2 aromatic rings. The number of benzene rings is 1. The van der Waals surface area contributed by atoms with Gasteiger partial charge >= 0.3 is 0 Å². The number of nitrogens with zero attached hydrogens (tertiary/aromatic N) is 2. The lowest BCUT2D eigenvalue weighted by Gasteiger charge is -2.05. The summed E-state index contributed by atoms with van der Waals surface area (Å²) >= 11 is 0. The van der Waals surface area contributed by atoms with E-state index in [-0.39, 0.29) is 5.91 Å². The number of aromatic nitrogens is 2. The molecule has 0 aliphatic carbocycles. The van der Waals surface area contributed by atoms with Crippen LogP contribution in [0.1, 0.15) is 26.2 Å². The standard InChI is InChI=1S/C16H21N3O3/c1-11(2)10-14(20)17-9-8-15-18-16(19-22-15)12-4-6-13(21-3)7-5-12/h4-7,11H,8-10H2,1-3H3,(H,17,20). The van der Waals surface area contributed by atoms with Crippen molar-refractivity contribution in [3.8, 4) is 17.1 Å². The monoisotopic (exact) mass is 303 g/mol. The second kappa shape index (κ2) is 7.59. The first-order valence-corrected chi connectivity index (χ1v) is 7.32. The van der Waals surface area contributed by atoms with Crippen LogP contribution in [-0.2, 0) is 11.2 Å². The van der Waals surface area contributed by atoms with Crippen molar-refractivity contribution in [2.75, 3.05) is 13.7 Å². The van der Waals surface area contributed by atoms with Gasteiger partial charge in [0, 0.05) is 24.9 Å². The molecule has 0 fully saturated rings. The van der Waals surface area contributed by atoms with Gasteiger partial charge in [-0.05, 0) is 30.2 Å². The molecule has 0 saturated heterocycles. The number of ether oxygens (including phenoxy) is 1. The summed E-state index contributed by atoms with van der Waals surface area (Å²) in [7, 11) is 1.62. The highest BCUT2D eigenvalue weighted by Gasteiger charge is 2.10. The van der Waals surface area contributed by atoms with Crippen molar-refractivity contribution in [3.05, 3.63) is 30.2 Å². The molecule has 0 atom stereocenters. The molecule has 1 aromatic carbocycles. The molecule has 0 aliphatic heterocycles. The number of amides is 1. The lowest BCUT2D eigenvalue weighted by Crippen LogP contribution is -2.26. The van der Waals surface area contributed by atoms with Gasteiger partial charge in [-0.3, -0.25) is 4.79 Å². The highest BCUT2D eigenvalue weighted by molar-refractivity contribution is 5.76. The van der Waals surface area contributed by atoms with Crippen LogP contribution in [-0.4, -0.2) is 29.7 Å². The molecule has 6 nitrogen and oxygen atoms in total. The molecule has 1 aromatic heterocycles. The minimum atomic E-state index is 0.0462. The van der Waals surface area contributed by atoms with E-state index < -0.39 is 0 Å². The van der Waals surface area contributed by atoms with Crippen molar-refractivity contribution >= 4 is 5.91 Å². The molecule has 0 saturated carbocycles. The SMILES string of the molecule is COc1ccc(-c2noc(CCNC(=O)CC(C)C)n2)cc1. The fourth-order valence-electron chi connectivity index (χ4n) is 1.97. The number of methoxy groups -OCH3 is 1. The van der Waals surface area contributed by atoms with E-state index in [0.717, 1.165) is 11.3 Å². The van der Waals surface area contributed by atoms with E-state index in [1.54, 1.807) is 7.11 Å². The van der Waals surface area contributed by atoms with Gasteiger partial charge in [0.25, 0.3) is 0 Å². The molecule has 1 heterocycles. The van der Waals surface area contributed by atoms with E-state index in [9.17, 15) is 4.79 Å². The molecule has 22 heavy (non-hydrogen) atoms. The third-order valence-electron chi connectivity index (χ3n) is 3.07. The fourth-order valence-corrected chi connectivity index (χ4v) is 1.97. The summed E-state index contributed by atoms with van der Waals surface area (Å²) in [6.45, 7) is 4.52. The summed E-state index contributed by atoms with van der Waals surface area (Å²) in [6, 6.07) is 7.44. The predicted octanol–water partition coefficient (Wildman–Crippen LogP) is 2.45. The first-order chi connectivity index (χ1) is 10.6. The maximum atomic E-state index is 11.5. The molecular weight excluding hydrogens is 282 g/mol. The molecule has 2 rings (SSSR count). The minimum absolute atomic E-state index is 0.0462. The summed E-state index contributed by atoms with van der Waals surface area (Å²) in [5.41, 5.74) is 0.861. The van der Waals surface area contributed by atoms with Crippen LogP contribution in [0.25, 0.3) is 11.4 Å². The Morgan fingerprint density at radius 3 is 2.68 bits per heavy atom. The number of rotatable bonds is 7. The largest absolute Gasteiger partial charge is 0.497 e. The van der Waals surface area contributed by atoms with Crippen LogP contribution in [0.4, 0.5) is 0 Å². The van der Waals surface area contributed by atoms with Gasteiger partial charge in [-0.1, -0.05) is 19.0 Å². The van der Waals surface area contributed by atoms with E-state index in [0.29, 0.717) is 37.0 Å². The Labute approximate surface area is 129 Å². The van der Waals surface area contributed by atoms with Crippen molar-refractivity contribution in [1.29, 1.82) is 0 Å². The summed E-state index contributed by atoms with van der Waals surface area (Å²) in [5, 5.41) is 6.79. The average Bonchev–Trinajstić information content (AvgIpc) is 2.95. The van der Waals surface area contributed by atoms with Gasteiger partial charge in [0.15, 0.2) is 0 Å². The van der Waals surface area contributed by atoms with Crippen molar-refractivity contribution < 1.29 is 14.1 Å². The maximum absolute atomic E-state index is 11.5. The Morgan fingerprint density at radius 2 is 2.05 bits per heavy atom. The molecule has 118 valence electrons. The van der Waals surface area contributed by atoms with Gasteiger partial charge in [-0.25, -0.2) is 0 Å². The Balaban J connectivity index is 1.87. The minimum Gasteiger partial charge on any atom is -0.497 e. The van der Waals surface area contributed by atoms with Crippen molar-refractivity contribution in [1.82, 2.24) is 15.5 Å². The zero-order chi connectivity index (χ0) is 15.9. The summed E-state index contributed by atoms with van der Waals surface area (Å²) < 4.78 is 10.3. The maximum Gasteiger partial charge on any atom is 0.228 e. The second-order valence-corrected chi connectivity index (χ2v) is 5.44. The van der Waals surface area contributed by atoms with Gasteiger partial charge in [0.1, 0.15) is 5.75 Å². The smallest absolute Gasteiger partial charge is 0.228 e. The van der Waals surface area contributed by atoms with Gasteiger partial charge in [-0.2, -0.15) is 4.98 Å². The van der Waals surface area contributed by atoms with Crippen LogP contribution in [0.5, 0.6) is 5.75 Å². The zero-order valence-electron chi connectivity index (χ0n) is 13.1. The molecule has 1 amide bonds. The highest BCUT2D eigenvalue weighted by atomic mass is 16.5. The molecule has 0 radical (unpaired) electrons. The topological polar surface area (TPSA) is 77.3 Å². The van der Waals surface area contributed by atoms with Crippen LogP contribution in [0.3, 0.4) is 0 Å². The normalized spacial score (nSPS) is 10.7. The van der Waals surface area contributed by atoms with E-state index >= 15 is 0 Å². The summed E-state index contributed by atoms with van der Waals surface area (Å²) in [6.07, 6.45) is 1.05.